The molecule has 4 aromatic heterocycles. The molecular weight excluding hydrogens is 467 g/mol. The first-order valence-electron chi connectivity index (χ1n) is 12.4. The number of fused-ring (bicyclic) bond motifs is 3. The van der Waals surface area contributed by atoms with Gasteiger partial charge in [0.25, 0.3) is 5.91 Å². The second kappa shape index (κ2) is 10.4. The molecule has 7 nitrogen and oxygen atoms in total. The summed E-state index contributed by atoms with van der Waals surface area (Å²) in [4.78, 5) is 33.2. The monoisotopic (exact) mass is 496 g/mol. The Kier molecular flexibility index (Phi) is 6.92. The van der Waals surface area contributed by atoms with E-state index in [9.17, 15) is 4.79 Å². The second-order valence-corrected chi connectivity index (χ2v) is 9.02. The molecule has 0 aliphatic heterocycles. The van der Waals surface area contributed by atoms with Gasteiger partial charge in [0.15, 0.2) is 0 Å². The van der Waals surface area contributed by atoms with Crippen LogP contribution in [0.4, 0.5) is 4.39 Å². The van der Waals surface area contributed by atoms with E-state index in [1.165, 1.54) is 6.20 Å². The number of pyridine rings is 3. The minimum absolute atomic E-state index is 0.0571. The van der Waals surface area contributed by atoms with Crippen LogP contribution in [0.2, 0.25) is 0 Å². The van der Waals surface area contributed by atoms with Crippen LogP contribution >= 0.6 is 0 Å². The van der Waals surface area contributed by atoms with Gasteiger partial charge in [0.1, 0.15) is 11.5 Å². The first kappa shape index (κ1) is 24.5. The number of aromatic amines is 1. The molecule has 0 atom stereocenters. The lowest BCUT2D eigenvalue weighted by Gasteiger charge is -2.23. The molecule has 0 unspecified atom stereocenters. The Labute approximate surface area is 215 Å². The maximum absolute atomic E-state index is 15.3. The lowest BCUT2D eigenvalue weighted by atomic mass is 9.99. The number of aromatic nitrogens is 4. The summed E-state index contributed by atoms with van der Waals surface area (Å²) < 4.78 is 15.3. The lowest BCUT2D eigenvalue weighted by Crippen LogP contribution is -2.36. The Balaban J connectivity index is 1.50. The number of nitrogens with one attached hydrogen (secondary N) is 1. The van der Waals surface area contributed by atoms with E-state index in [1.54, 1.807) is 47.8 Å². The SMILES string of the molecule is CCN(CC)CCN(C)C(=O)c1ccc(-c2c(F)cnc3[nH]c4cnc(-c5cccnc5)cc4c23)cc1. The highest BCUT2D eigenvalue weighted by Gasteiger charge is 2.18. The van der Waals surface area contributed by atoms with Crippen molar-refractivity contribution in [2.24, 2.45) is 0 Å². The molecule has 0 radical (unpaired) electrons. The van der Waals surface area contributed by atoms with Gasteiger partial charge in [0, 0.05) is 60.0 Å². The van der Waals surface area contributed by atoms with Crippen LogP contribution in [0, 0.1) is 5.82 Å². The molecule has 4 heterocycles. The number of nitrogens with zero attached hydrogens (tertiary/aromatic N) is 5. The van der Waals surface area contributed by atoms with Gasteiger partial charge < -0.3 is 14.8 Å². The minimum atomic E-state index is -0.427. The van der Waals surface area contributed by atoms with E-state index in [4.69, 9.17) is 0 Å². The van der Waals surface area contributed by atoms with Crippen molar-refractivity contribution in [1.82, 2.24) is 29.7 Å². The summed E-state index contributed by atoms with van der Waals surface area (Å²) in [7, 11) is 1.81. The average Bonchev–Trinajstić information content (AvgIpc) is 3.31. The number of halogens is 1. The van der Waals surface area contributed by atoms with Crippen LogP contribution in [0.25, 0.3) is 44.3 Å². The highest BCUT2D eigenvalue weighted by molar-refractivity contribution is 6.13. The molecule has 37 heavy (non-hydrogen) atoms. The topological polar surface area (TPSA) is 78.0 Å². The van der Waals surface area contributed by atoms with E-state index in [0.29, 0.717) is 34.3 Å². The number of rotatable bonds is 8. The lowest BCUT2D eigenvalue weighted by molar-refractivity contribution is 0.0780. The van der Waals surface area contributed by atoms with Gasteiger partial charge in [-0.2, -0.15) is 0 Å². The highest BCUT2D eigenvalue weighted by atomic mass is 19.1. The van der Waals surface area contributed by atoms with Crippen LogP contribution in [0.3, 0.4) is 0 Å². The van der Waals surface area contributed by atoms with Gasteiger partial charge in [0.2, 0.25) is 0 Å². The van der Waals surface area contributed by atoms with E-state index in [1.807, 2.05) is 25.2 Å². The van der Waals surface area contributed by atoms with Crippen LogP contribution in [0.1, 0.15) is 24.2 Å². The Hall–Kier alpha value is -4.17. The quantitative estimate of drug-likeness (QED) is 0.312. The van der Waals surface area contributed by atoms with E-state index >= 15 is 4.39 Å². The third kappa shape index (κ3) is 4.80. The van der Waals surface area contributed by atoms with E-state index in [0.717, 1.165) is 41.8 Å². The Morgan fingerprint density at radius 2 is 1.76 bits per heavy atom. The van der Waals surface area contributed by atoms with Crippen LogP contribution in [0.15, 0.2) is 67.3 Å². The molecule has 0 aliphatic rings. The number of hydrogen-bond acceptors (Lipinski definition) is 5. The maximum Gasteiger partial charge on any atom is 0.253 e. The summed E-state index contributed by atoms with van der Waals surface area (Å²) in [5.74, 6) is -0.484. The normalized spacial score (nSPS) is 11.5. The fourth-order valence-corrected chi connectivity index (χ4v) is 4.62. The molecule has 1 N–H and O–H groups in total. The first-order chi connectivity index (χ1) is 18.0. The predicted octanol–water partition coefficient (Wildman–Crippen LogP) is 5.39. The van der Waals surface area contributed by atoms with Gasteiger partial charge in [-0.1, -0.05) is 26.0 Å². The number of H-pyrrole nitrogens is 1. The number of hydrogen-bond donors (Lipinski definition) is 1. The van der Waals surface area contributed by atoms with Crippen molar-refractivity contribution in [1.29, 1.82) is 0 Å². The Bertz CT molecular complexity index is 1540. The van der Waals surface area contributed by atoms with Gasteiger partial charge in [-0.25, -0.2) is 9.37 Å². The van der Waals surface area contributed by atoms with Gasteiger partial charge in [-0.05, 0) is 49.0 Å². The van der Waals surface area contributed by atoms with Crippen LogP contribution in [-0.2, 0) is 0 Å². The summed E-state index contributed by atoms with van der Waals surface area (Å²) in [6, 6.07) is 12.8. The number of benzene rings is 1. The fourth-order valence-electron chi connectivity index (χ4n) is 4.62. The maximum atomic E-state index is 15.3. The van der Waals surface area contributed by atoms with Crippen molar-refractivity contribution in [3.8, 4) is 22.4 Å². The molecule has 0 bridgehead atoms. The van der Waals surface area contributed by atoms with Gasteiger partial charge in [-0.15, -0.1) is 0 Å². The van der Waals surface area contributed by atoms with Crippen LogP contribution < -0.4 is 0 Å². The molecular formula is C29H29FN6O. The molecule has 0 fully saturated rings. The first-order valence-corrected chi connectivity index (χ1v) is 12.4. The van der Waals surface area contributed by atoms with Crippen LogP contribution in [-0.4, -0.2) is 68.9 Å². The third-order valence-corrected chi connectivity index (χ3v) is 6.83. The summed E-state index contributed by atoms with van der Waals surface area (Å²) >= 11 is 0. The molecule has 0 aliphatic carbocycles. The third-order valence-electron chi connectivity index (χ3n) is 6.83. The van der Waals surface area contributed by atoms with Gasteiger partial charge >= 0.3 is 0 Å². The predicted molar refractivity (Wildman–Crippen MR) is 145 cm³/mol. The van der Waals surface area contributed by atoms with E-state index in [-0.39, 0.29) is 5.91 Å². The minimum Gasteiger partial charge on any atom is -0.340 e. The molecule has 0 spiro atoms. The molecule has 1 aromatic carbocycles. The Morgan fingerprint density at radius 3 is 2.46 bits per heavy atom. The van der Waals surface area contributed by atoms with Gasteiger partial charge in [0.05, 0.1) is 23.6 Å². The number of carbonyl (C=O) groups is 1. The van der Waals surface area contributed by atoms with Crippen molar-refractivity contribution >= 4 is 27.8 Å². The van der Waals surface area contributed by atoms with E-state index in [2.05, 4.69) is 38.7 Å². The summed E-state index contributed by atoms with van der Waals surface area (Å²) in [5.41, 5.74) is 4.64. The number of likely N-dealkylation sites (N-methyl/N-ethyl adjacent to an activating group) is 2. The van der Waals surface area contributed by atoms with Crippen molar-refractivity contribution in [2.45, 2.75) is 13.8 Å². The fraction of sp³-hybridized carbons (Fsp3) is 0.241. The molecule has 188 valence electrons. The zero-order chi connectivity index (χ0) is 25.9. The zero-order valence-electron chi connectivity index (χ0n) is 21.2. The summed E-state index contributed by atoms with van der Waals surface area (Å²) in [6.07, 6.45) is 6.42. The molecule has 0 saturated heterocycles. The van der Waals surface area contributed by atoms with Gasteiger partial charge in [-0.3, -0.25) is 14.8 Å². The largest absolute Gasteiger partial charge is 0.340 e. The van der Waals surface area contributed by atoms with Crippen molar-refractivity contribution in [2.75, 3.05) is 33.2 Å². The molecule has 5 aromatic rings. The highest BCUT2D eigenvalue weighted by Crippen LogP contribution is 2.36. The molecule has 5 rings (SSSR count). The smallest absolute Gasteiger partial charge is 0.253 e. The number of amides is 1. The van der Waals surface area contributed by atoms with Crippen molar-refractivity contribution < 1.29 is 9.18 Å². The summed E-state index contributed by atoms with van der Waals surface area (Å²) in [6.45, 7) is 7.60. The van der Waals surface area contributed by atoms with E-state index < -0.39 is 5.82 Å². The zero-order valence-corrected chi connectivity index (χ0v) is 21.2. The second-order valence-electron chi connectivity index (χ2n) is 9.02. The van der Waals surface area contributed by atoms with Crippen LogP contribution in [0.5, 0.6) is 0 Å². The van der Waals surface area contributed by atoms with Crippen molar-refractivity contribution in [3.05, 3.63) is 78.6 Å². The molecule has 0 saturated carbocycles. The standard InChI is InChI=1S/C29H29FN6O/c1-4-36(5-2)14-13-35(3)29(37)20-10-8-19(9-11-20)26-23(30)17-33-28-27(26)22-15-24(32-18-25(22)34-28)21-7-6-12-31-16-21/h6-12,15-18H,4-5,13-14H2,1-3H3,(H,33,34). The average molecular weight is 497 g/mol. The number of carbonyl (C=O) groups excluding carboxylic acids is 1. The summed E-state index contributed by atoms with van der Waals surface area (Å²) in [5, 5.41) is 1.50. The Morgan fingerprint density at radius 1 is 0.973 bits per heavy atom. The molecule has 1 amide bonds. The van der Waals surface area contributed by atoms with Crippen molar-refractivity contribution in [3.63, 3.8) is 0 Å². The molecule has 8 heteroatoms.